The first-order valence-corrected chi connectivity index (χ1v) is 5.50. The Labute approximate surface area is 95.9 Å². The van der Waals surface area contributed by atoms with Gasteiger partial charge in [-0.2, -0.15) is 0 Å². The van der Waals surface area contributed by atoms with Crippen molar-refractivity contribution in [2.75, 3.05) is 5.32 Å². The molecular weight excluding hydrogens is 226 g/mol. The molecule has 0 aliphatic carbocycles. The van der Waals surface area contributed by atoms with Crippen LogP contribution < -0.4 is 5.32 Å². The molecule has 0 saturated carbocycles. The molecule has 5 nitrogen and oxygen atoms in total. The van der Waals surface area contributed by atoms with Crippen LogP contribution in [0.3, 0.4) is 0 Å². The molecule has 0 fully saturated rings. The summed E-state index contributed by atoms with van der Waals surface area (Å²) in [5.74, 6) is -0.137. The van der Waals surface area contributed by atoms with Gasteiger partial charge in [0.25, 0.3) is 0 Å². The molecule has 2 aromatic rings. The molecule has 2 heterocycles. The molecule has 0 saturated heterocycles. The lowest BCUT2D eigenvalue weighted by molar-refractivity contribution is -0.389. The number of hydrogen-bond donors (Lipinski definition) is 1. The number of nitrogens with one attached hydrogen (secondary N) is 1. The zero-order valence-corrected chi connectivity index (χ0v) is 9.11. The summed E-state index contributed by atoms with van der Waals surface area (Å²) in [7, 11) is 0. The maximum absolute atomic E-state index is 10.4. The van der Waals surface area contributed by atoms with Gasteiger partial charge in [0.2, 0.25) is 0 Å². The molecular formula is C10H9N3O2S. The molecule has 0 aliphatic heterocycles. The van der Waals surface area contributed by atoms with Gasteiger partial charge in [0.15, 0.2) is 6.20 Å². The van der Waals surface area contributed by atoms with Crippen molar-refractivity contribution < 1.29 is 4.92 Å². The molecule has 6 heteroatoms. The number of thiophene rings is 1. The van der Waals surface area contributed by atoms with Gasteiger partial charge in [-0.1, -0.05) is 6.07 Å². The Kier molecular flexibility index (Phi) is 3.11. The van der Waals surface area contributed by atoms with Crippen LogP contribution in [0.5, 0.6) is 0 Å². The van der Waals surface area contributed by atoms with E-state index >= 15 is 0 Å². The predicted molar refractivity (Wildman–Crippen MR) is 62.5 cm³/mol. The van der Waals surface area contributed by atoms with E-state index in [1.807, 2.05) is 17.5 Å². The van der Waals surface area contributed by atoms with E-state index in [9.17, 15) is 10.1 Å². The maximum atomic E-state index is 10.4. The summed E-state index contributed by atoms with van der Waals surface area (Å²) in [6, 6.07) is 7.04. The number of nitro groups is 1. The van der Waals surface area contributed by atoms with Crippen molar-refractivity contribution >= 4 is 22.8 Å². The van der Waals surface area contributed by atoms with Crippen LogP contribution >= 0.6 is 11.3 Å². The Hall–Kier alpha value is -1.95. The van der Waals surface area contributed by atoms with Crippen molar-refractivity contribution in [2.24, 2.45) is 0 Å². The summed E-state index contributed by atoms with van der Waals surface area (Å²) >= 11 is 1.66. The Morgan fingerprint density at radius 3 is 2.88 bits per heavy atom. The number of hydrogen-bond acceptors (Lipinski definition) is 5. The highest BCUT2D eigenvalue weighted by molar-refractivity contribution is 7.09. The lowest BCUT2D eigenvalue weighted by Crippen LogP contribution is -1.98. The van der Waals surface area contributed by atoms with Crippen LogP contribution in [0.15, 0.2) is 35.8 Å². The van der Waals surface area contributed by atoms with Crippen molar-refractivity contribution in [1.29, 1.82) is 0 Å². The Balaban J connectivity index is 1.98. The minimum absolute atomic E-state index is 0.137. The average molecular weight is 235 g/mol. The molecule has 0 aliphatic rings. The monoisotopic (exact) mass is 235 g/mol. The second kappa shape index (κ2) is 4.71. The van der Waals surface area contributed by atoms with Crippen LogP contribution in [0.4, 0.5) is 11.5 Å². The normalized spacial score (nSPS) is 10.0. The van der Waals surface area contributed by atoms with E-state index in [0.29, 0.717) is 6.54 Å². The average Bonchev–Trinajstić information content (AvgIpc) is 2.80. The Morgan fingerprint density at radius 2 is 2.31 bits per heavy atom. The summed E-state index contributed by atoms with van der Waals surface area (Å²) in [5.41, 5.74) is 0.777. The summed E-state index contributed by atoms with van der Waals surface area (Å²) < 4.78 is 0. The topological polar surface area (TPSA) is 68.1 Å². The van der Waals surface area contributed by atoms with Crippen LogP contribution in [0.1, 0.15) is 4.88 Å². The van der Waals surface area contributed by atoms with E-state index in [2.05, 4.69) is 10.3 Å². The quantitative estimate of drug-likeness (QED) is 0.653. The van der Waals surface area contributed by atoms with E-state index in [0.717, 1.165) is 5.69 Å². The molecule has 2 aromatic heterocycles. The molecule has 0 radical (unpaired) electrons. The lowest BCUT2D eigenvalue weighted by atomic mass is 10.4. The summed E-state index contributed by atoms with van der Waals surface area (Å²) in [6.07, 6.45) is 1.46. The fourth-order valence-electron chi connectivity index (χ4n) is 1.20. The van der Waals surface area contributed by atoms with Crippen LogP contribution in [-0.2, 0) is 6.54 Å². The van der Waals surface area contributed by atoms with Crippen LogP contribution in [0, 0.1) is 10.1 Å². The third-order valence-corrected chi connectivity index (χ3v) is 2.86. The van der Waals surface area contributed by atoms with E-state index in [1.165, 1.54) is 17.1 Å². The number of aromatic nitrogens is 1. The van der Waals surface area contributed by atoms with E-state index in [4.69, 9.17) is 0 Å². The molecule has 0 atom stereocenters. The van der Waals surface area contributed by atoms with Crippen molar-refractivity contribution in [3.05, 3.63) is 50.8 Å². The van der Waals surface area contributed by atoms with E-state index < -0.39 is 4.92 Å². The zero-order valence-electron chi connectivity index (χ0n) is 8.29. The summed E-state index contributed by atoms with van der Waals surface area (Å²) in [4.78, 5) is 14.8. The second-order valence-electron chi connectivity index (χ2n) is 3.10. The van der Waals surface area contributed by atoms with E-state index in [1.54, 1.807) is 17.4 Å². The largest absolute Gasteiger partial charge is 0.377 e. The van der Waals surface area contributed by atoms with Crippen LogP contribution in [-0.4, -0.2) is 9.91 Å². The Bertz CT molecular complexity index is 467. The van der Waals surface area contributed by atoms with Gasteiger partial charge >= 0.3 is 5.82 Å². The molecule has 1 N–H and O–H groups in total. The lowest BCUT2D eigenvalue weighted by Gasteiger charge is -2.01. The molecule has 16 heavy (non-hydrogen) atoms. The van der Waals surface area contributed by atoms with Crippen LogP contribution in [0.25, 0.3) is 0 Å². The van der Waals surface area contributed by atoms with Gasteiger partial charge in [0, 0.05) is 17.5 Å². The maximum Gasteiger partial charge on any atom is 0.363 e. The molecule has 0 spiro atoms. The van der Waals surface area contributed by atoms with E-state index in [-0.39, 0.29) is 5.82 Å². The first-order valence-electron chi connectivity index (χ1n) is 4.62. The van der Waals surface area contributed by atoms with Gasteiger partial charge in [-0.05, 0) is 27.4 Å². The van der Waals surface area contributed by atoms with Crippen molar-refractivity contribution in [3.63, 3.8) is 0 Å². The zero-order chi connectivity index (χ0) is 11.4. The van der Waals surface area contributed by atoms with Crippen molar-refractivity contribution in [1.82, 2.24) is 4.98 Å². The second-order valence-corrected chi connectivity index (χ2v) is 4.13. The smallest absolute Gasteiger partial charge is 0.363 e. The van der Waals surface area contributed by atoms with Crippen molar-refractivity contribution in [3.8, 4) is 0 Å². The van der Waals surface area contributed by atoms with Gasteiger partial charge in [0.1, 0.15) is 0 Å². The van der Waals surface area contributed by atoms with Crippen molar-refractivity contribution in [2.45, 2.75) is 6.54 Å². The molecule has 82 valence electrons. The van der Waals surface area contributed by atoms with Gasteiger partial charge in [-0.25, -0.2) is 0 Å². The first kappa shape index (κ1) is 10.6. The molecule has 0 bridgehead atoms. The molecule has 0 aromatic carbocycles. The molecule has 0 amide bonds. The number of rotatable bonds is 4. The third-order valence-electron chi connectivity index (χ3n) is 1.98. The molecule has 0 unspecified atom stereocenters. The fourth-order valence-corrected chi connectivity index (χ4v) is 1.85. The standard InChI is InChI=1S/C10H9N3O2S/c14-13(15)10-4-3-8(6-12-10)11-7-9-2-1-5-16-9/h1-6,11H,7H2. The minimum Gasteiger partial charge on any atom is -0.377 e. The molecule has 2 rings (SSSR count). The summed E-state index contributed by atoms with van der Waals surface area (Å²) in [5, 5.41) is 15.5. The highest BCUT2D eigenvalue weighted by atomic mass is 32.1. The minimum atomic E-state index is -0.511. The number of nitrogens with zero attached hydrogens (tertiary/aromatic N) is 2. The third kappa shape index (κ3) is 2.54. The van der Waals surface area contributed by atoms with Gasteiger partial charge in [-0.3, -0.25) is 0 Å². The number of anilines is 1. The summed E-state index contributed by atoms with van der Waals surface area (Å²) in [6.45, 7) is 0.706. The first-order chi connectivity index (χ1) is 7.75. The predicted octanol–water partition coefficient (Wildman–Crippen LogP) is 2.66. The SMILES string of the molecule is O=[N+]([O-])c1ccc(NCc2cccs2)cn1. The highest BCUT2D eigenvalue weighted by Crippen LogP contribution is 2.14. The highest BCUT2D eigenvalue weighted by Gasteiger charge is 2.05. The number of pyridine rings is 1. The van der Waals surface area contributed by atoms with Gasteiger partial charge < -0.3 is 15.4 Å². The van der Waals surface area contributed by atoms with Gasteiger partial charge in [-0.15, -0.1) is 11.3 Å². The Morgan fingerprint density at radius 1 is 1.44 bits per heavy atom. The van der Waals surface area contributed by atoms with Crippen LogP contribution in [0.2, 0.25) is 0 Å². The van der Waals surface area contributed by atoms with Gasteiger partial charge in [0.05, 0.1) is 5.69 Å². The fraction of sp³-hybridized carbons (Fsp3) is 0.100.